The Morgan fingerprint density at radius 1 is 0.960 bits per heavy atom. The Balaban J connectivity index is 2.64. The lowest BCUT2D eigenvalue weighted by Gasteiger charge is -2.35. The molecule has 0 bridgehead atoms. The molecule has 1 unspecified atom stereocenters. The van der Waals surface area contributed by atoms with Gasteiger partial charge in [0.2, 0.25) is 5.91 Å². The summed E-state index contributed by atoms with van der Waals surface area (Å²) in [5, 5.41) is 0. The molecule has 2 aromatic carbocycles. The number of para-hydroxylation sites is 1. The standard InChI is InChI=1S/C19H24NO4P/c1-4-23-25(22,24-5-2)19(17-12-8-6-9-13-17)20(16(3)21)18-14-10-7-11-15-18/h6-15,19H,4-5H2,1-3H3. The Morgan fingerprint density at radius 3 is 1.88 bits per heavy atom. The predicted molar refractivity (Wildman–Crippen MR) is 99.6 cm³/mol. The van der Waals surface area contributed by atoms with Crippen molar-refractivity contribution in [1.29, 1.82) is 0 Å². The minimum absolute atomic E-state index is 0.223. The molecule has 0 spiro atoms. The lowest BCUT2D eigenvalue weighted by molar-refractivity contribution is -0.116. The number of hydrogen-bond acceptors (Lipinski definition) is 4. The summed E-state index contributed by atoms with van der Waals surface area (Å²) in [6.07, 6.45) is 0. The molecule has 0 radical (unpaired) electrons. The number of carbonyl (C=O) groups excluding carboxylic acids is 1. The van der Waals surface area contributed by atoms with Gasteiger partial charge in [-0.1, -0.05) is 48.5 Å². The van der Waals surface area contributed by atoms with Crippen molar-refractivity contribution in [1.82, 2.24) is 0 Å². The van der Waals surface area contributed by atoms with E-state index in [4.69, 9.17) is 9.05 Å². The molecule has 0 aromatic heterocycles. The third-order valence-electron chi connectivity index (χ3n) is 3.63. The normalized spacial score (nSPS) is 12.6. The van der Waals surface area contributed by atoms with Gasteiger partial charge in [0.05, 0.1) is 13.2 Å². The summed E-state index contributed by atoms with van der Waals surface area (Å²) in [5.41, 5.74) is 1.34. The van der Waals surface area contributed by atoms with Gasteiger partial charge in [-0.15, -0.1) is 0 Å². The molecule has 0 aliphatic heterocycles. The fraction of sp³-hybridized carbons (Fsp3) is 0.316. The average molecular weight is 361 g/mol. The minimum Gasteiger partial charge on any atom is -0.307 e. The molecular weight excluding hydrogens is 337 g/mol. The summed E-state index contributed by atoms with van der Waals surface area (Å²) >= 11 is 0. The van der Waals surface area contributed by atoms with Gasteiger partial charge in [-0.25, -0.2) is 0 Å². The molecule has 134 valence electrons. The highest BCUT2D eigenvalue weighted by molar-refractivity contribution is 7.54. The van der Waals surface area contributed by atoms with E-state index in [1.807, 2.05) is 48.5 Å². The summed E-state index contributed by atoms with van der Waals surface area (Å²) in [6.45, 7) is 5.41. The van der Waals surface area contributed by atoms with Crippen LogP contribution in [-0.4, -0.2) is 19.1 Å². The number of amides is 1. The Hall–Kier alpha value is -1.94. The molecule has 2 aromatic rings. The van der Waals surface area contributed by atoms with Crippen LogP contribution < -0.4 is 4.90 Å². The maximum absolute atomic E-state index is 13.6. The highest BCUT2D eigenvalue weighted by Gasteiger charge is 2.43. The van der Waals surface area contributed by atoms with Crippen LogP contribution in [-0.2, 0) is 18.4 Å². The van der Waals surface area contributed by atoms with Crippen LogP contribution in [0, 0.1) is 0 Å². The highest BCUT2D eigenvalue weighted by atomic mass is 31.2. The summed E-state index contributed by atoms with van der Waals surface area (Å²) in [6, 6.07) is 18.3. The molecule has 6 heteroatoms. The Kier molecular flexibility index (Phi) is 6.94. The number of rotatable bonds is 8. The topological polar surface area (TPSA) is 55.8 Å². The van der Waals surface area contributed by atoms with Crippen molar-refractivity contribution >= 4 is 19.2 Å². The van der Waals surface area contributed by atoms with E-state index >= 15 is 0 Å². The fourth-order valence-electron chi connectivity index (χ4n) is 2.72. The maximum atomic E-state index is 13.6. The van der Waals surface area contributed by atoms with E-state index in [0.717, 1.165) is 0 Å². The summed E-state index contributed by atoms with van der Waals surface area (Å²) in [4.78, 5) is 14.0. The molecular formula is C19H24NO4P. The molecule has 0 saturated carbocycles. The van der Waals surface area contributed by atoms with Gasteiger partial charge in [-0.2, -0.15) is 0 Å². The SMILES string of the molecule is CCOP(=O)(OCC)C(c1ccccc1)N(C(C)=O)c1ccccc1. The molecule has 1 atom stereocenters. The van der Waals surface area contributed by atoms with Crippen molar-refractivity contribution in [3.63, 3.8) is 0 Å². The van der Waals surface area contributed by atoms with Crippen molar-refractivity contribution in [2.75, 3.05) is 18.1 Å². The lowest BCUT2D eigenvalue weighted by Crippen LogP contribution is -2.34. The molecule has 0 aliphatic rings. The van der Waals surface area contributed by atoms with Crippen LogP contribution in [0.3, 0.4) is 0 Å². The van der Waals surface area contributed by atoms with E-state index in [1.54, 1.807) is 26.0 Å². The van der Waals surface area contributed by atoms with Gasteiger partial charge in [0.15, 0.2) is 5.78 Å². The Morgan fingerprint density at radius 2 is 1.44 bits per heavy atom. The van der Waals surface area contributed by atoms with E-state index in [-0.39, 0.29) is 19.1 Å². The smallest absolute Gasteiger partial charge is 0.307 e. The first-order valence-corrected chi connectivity index (χ1v) is 9.93. The summed E-state index contributed by atoms with van der Waals surface area (Å²) in [7, 11) is -3.62. The van der Waals surface area contributed by atoms with E-state index in [2.05, 4.69) is 0 Å². The second-order valence-electron chi connectivity index (χ2n) is 5.38. The second kappa shape index (κ2) is 8.95. The van der Waals surface area contributed by atoms with Crippen molar-refractivity contribution in [2.24, 2.45) is 0 Å². The molecule has 1 amide bonds. The van der Waals surface area contributed by atoms with Gasteiger partial charge in [0.25, 0.3) is 0 Å². The largest absolute Gasteiger partial charge is 0.357 e. The van der Waals surface area contributed by atoms with Crippen LogP contribution in [0.5, 0.6) is 0 Å². The summed E-state index contributed by atoms with van der Waals surface area (Å²) < 4.78 is 24.8. The average Bonchev–Trinajstić information content (AvgIpc) is 2.61. The monoisotopic (exact) mass is 361 g/mol. The van der Waals surface area contributed by atoms with E-state index < -0.39 is 13.4 Å². The van der Waals surface area contributed by atoms with Gasteiger partial charge >= 0.3 is 7.60 Å². The van der Waals surface area contributed by atoms with Gasteiger partial charge < -0.3 is 9.05 Å². The fourth-order valence-corrected chi connectivity index (χ4v) is 4.91. The van der Waals surface area contributed by atoms with Crippen LogP contribution in [0.4, 0.5) is 5.69 Å². The number of benzene rings is 2. The van der Waals surface area contributed by atoms with Gasteiger partial charge in [-0.3, -0.25) is 14.3 Å². The van der Waals surface area contributed by atoms with Crippen LogP contribution in [0.15, 0.2) is 60.7 Å². The molecule has 0 saturated heterocycles. The lowest BCUT2D eigenvalue weighted by atomic mass is 10.2. The molecule has 0 N–H and O–H groups in total. The molecule has 25 heavy (non-hydrogen) atoms. The molecule has 0 heterocycles. The third-order valence-corrected chi connectivity index (χ3v) is 6.00. The molecule has 0 aliphatic carbocycles. The first-order chi connectivity index (χ1) is 12.0. The first kappa shape index (κ1) is 19.4. The van der Waals surface area contributed by atoms with Crippen LogP contribution >= 0.6 is 7.60 Å². The predicted octanol–water partition coefficient (Wildman–Crippen LogP) is 5.00. The van der Waals surface area contributed by atoms with Gasteiger partial charge in [0, 0.05) is 12.6 Å². The van der Waals surface area contributed by atoms with Crippen molar-refractivity contribution in [3.05, 3.63) is 66.2 Å². The number of anilines is 1. The van der Waals surface area contributed by atoms with Crippen molar-refractivity contribution in [3.8, 4) is 0 Å². The zero-order valence-electron chi connectivity index (χ0n) is 14.8. The zero-order chi connectivity index (χ0) is 18.3. The van der Waals surface area contributed by atoms with Crippen LogP contribution in [0.1, 0.15) is 32.1 Å². The van der Waals surface area contributed by atoms with Crippen molar-refractivity contribution in [2.45, 2.75) is 26.6 Å². The van der Waals surface area contributed by atoms with Crippen LogP contribution in [0.25, 0.3) is 0 Å². The third kappa shape index (κ3) is 4.57. The highest BCUT2D eigenvalue weighted by Crippen LogP contribution is 2.62. The molecule has 2 rings (SSSR count). The first-order valence-electron chi connectivity index (χ1n) is 8.32. The van der Waals surface area contributed by atoms with E-state index in [1.165, 1.54) is 11.8 Å². The van der Waals surface area contributed by atoms with Gasteiger partial charge in [0.1, 0.15) is 0 Å². The minimum atomic E-state index is -3.62. The Labute approximate surface area is 149 Å². The Bertz CT molecular complexity index is 711. The van der Waals surface area contributed by atoms with E-state index in [0.29, 0.717) is 11.3 Å². The second-order valence-corrected chi connectivity index (χ2v) is 7.47. The quantitative estimate of drug-likeness (QED) is 0.621. The van der Waals surface area contributed by atoms with Gasteiger partial charge in [-0.05, 0) is 31.5 Å². The molecule has 5 nitrogen and oxygen atoms in total. The number of nitrogens with zero attached hydrogens (tertiary/aromatic N) is 1. The summed E-state index contributed by atoms with van der Waals surface area (Å²) in [5.74, 6) is -1.09. The van der Waals surface area contributed by atoms with Crippen LogP contribution in [0.2, 0.25) is 0 Å². The van der Waals surface area contributed by atoms with Crippen molar-refractivity contribution < 1.29 is 18.4 Å². The molecule has 0 fully saturated rings. The maximum Gasteiger partial charge on any atom is 0.357 e. The number of hydrogen-bond donors (Lipinski definition) is 0. The number of carbonyl (C=O) groups is 1. The van der Waals surface area contributed by atoms with E-state index in [9.17, 15) is 9.36 Å². The zero-order valence-corrected chi connectivity index (χ0v) is 15.7.